The number of Topliss-reactive ketones (excluding diaryl/α,β-unsaturated/α-hetero) is 1. The van der Waals surface area contributed by atoms with Crippen LogP contribution in [0.1, 0.15) is 52.0 Å². The average Bonchev–Trinajstić information content (AvgIpc) is 2.71. The Balaban J connectivity index is 1.64. The molecule has 0 aliphatic carbocycles. The Kier molecular flexibility index (Phi) is 8.78. The van der Waals surface area contributed by atoms with Crippen molar-refractivity contribution in [2.75, 3.05) is 6.61 Å². The summed E-state index contributed by atoms with van der Waals surface area (Å²) in [6.45, 7) is 5.41. The van der Waals surface area contributed by atoms with E-state index in [2.05, 4.69) is 24.3 Å². The second-order valence-corrected chi connectivity index (χ2v) is 8.17. The van der Waals surface area contributed by atoms with Crippen LogP contribution in [0.2, 0.25) is 0 Å². The number of hydrogen-bond acceptors (Lipinski definition) is 5. The summed E-state index contributed by atoms with van der Waals surface area (Å²) in [5.41, 5.74) is 2.89. The number of benzene rings is 2. The molecular formula is C25H30O5. The maximum atomic E-state index is 11.9. The van der Waals surface area contributed by atoms with E-state index in [1.54, 1.807) is 20.8 Å². The molecule has 5 heteroatoms. The minimum atomic E-state index is -0.835. The molecule has 2 aromatic rings. The Morgan fingerprint density at radius 2 is 1.43 bits per heavy atom. The fraction of sp³-hybridized carbons (Fsp3) is 0.400. The quantitative estimate of drug-likeness (QED) is 0.316. The molecule has 2 aromatic carbocycles. The van der Waals surface area contributed by atoms with E-state index in [1.807, 2.05) is 30.3 Å². The molecule has 0 atom stereocenters. The largest absolute Gasteiger partial charge is 0.460 e. The smallest absolute Gasteiger partial charge is 0.374 e. The molecule has 0 radical (unpaired) electrons. The van der Waals surface area contributed by atoms with E-state index in [1.165, 1.54) is 0 Å². The summed E-state index contributed by atoms with van der Waals surface area (Å²) >= 11 is 0. The molecule has 0 N–H and O–H groups in total. The second-order valence-electron chi connectivity index (χ2n) is 8.17. The van der Waals surface area contributed by atoms with Gasteiger partial charge >= 0.3 is 11.9 Å². The van der Waals surface area contributed by atoms with E-state index in [0.717, 1.165) is 16.7 Å². The van der Waals surface area contributed by atoms with Crippen molar-refractivity contribution in [1.29, 1.82) is 0 Å². The van der Waals surface area contributed by atoms with Crippen LogP contribution in [0.5, 0.6) is 0 Å². The molecule has 0 spiro atoms. The van der Waals surface area contributed by atoms with Crippen LogP contribution in [0.25, 0.3) is 11.1 Å². The lowest BCUT2D eigenvalue weighted by Gasteiger charge is -2.19. The molecule has 30 heavy (non-hydrogen) atoms. The lowest BCUT2D eigenvalue weighted by Crippen LogP contribution is -2.24. The van der Waals surface area contributed by atoms with Crippen LogP contribution in [-0.2, 0) is 30.3 Å². The number of ketones is 1. The highest BCUT2D eigenvalue weighted by atomic mass is 16.6. The monoisotopic (exact) mass is 410 g/mol. The average molecular weight is 411 g/mol. The number of carbonyl (C=O) groups is 3. The standard InChI is InChI=1S/C25H30O5/c1-25(2,3)30-23(27)13-8-18-29-24(28)22(26)12-7-9-19-14-16-21(17-15-19)20-10-5-4-6-11-20/h4-6,10-11,14-17H,7-9,12-13,18H2,1-3H3. The van der Waals surface area contributed by atoms with Gasteiger partial charge in [0.2, 0.25) is 5.78 Å². The third kappa shape index (κ3) is 8.60. The van der Waals surface area contributed by atoms with Crippen molar-refractivity contribution in [2.24, 2.45) is 0 Å². The lowest BCUT2D eigenvalue weighted by atomic mass is 10.0. The summed E-state index contributed by atoms with van der Waals surface area (Å²) < 4.78 is 10.1. The van der Waals surface area contributed by atoms with Crippen LogP contribution in [0.15, 0.2) is 54.6 Å². The van der Waals surface area contributed by atoms with Crippen LogP contribution < -0.4 is 0 Å². The van der Waals surface area contributed by atoms with Gasteiger partial charge in [-0.2, -0.15) is 0 Å². The van der Waals surface area contributed by atoms with Crippen molar-refractivity contribution >= 4 is 17.7 Å². The first kappa shape index (κ1) is 23.3. The molecule has 0 amide bonds. The van der Waals surface area contributed by atoms with Gasteiger partial charge in [0.15, 0.2) is 0 Å². The number of rotatable bonds is 10. The molecule has 0 aliphatic heterocycles. The van der Waals surface area contributed by atoms with Crippen molar-refractivity contribution in [3.05, 3.63) is 60.2 Å². The Hall–Kier alpha value is -2.95. The molecule has 5 nitrogen and oxygen atoms in total. The van der Waals surface area contributed by atoms with Crippen molar-refractivity contribution in [2.45, 2.75) is 58.5 Å². The predicted molar refractivity (Wildman–Crippen MR) is 116 cm³/mol. The Bertz CT molecular complexity index is 832. The number of aryl methyl sites for hydroxylation is 1. The minimum absolute atomic E-state index is 0.0325. The zero-order chi connectivity index (χ0) is 22.0. The summed E-state index contributed by atoms with van der Waals surface area (Å²) in [5, 5.41) is 0. The topological polar surface area (TPSA) is 69.7 Å². The van der Waals surface area contributed by atoms with Crippen LogP contribution in [0, 0.1) is 0 Å². The summed E-state index contributed by atoms with van der Waals surface area (Å²) in [7, 11) is 0. The highest BCUT2D eigenvalue weighted by Crippen LogP contribution is 2.20. The highest BCUT2D eigenvalue weighted by molar-refractivity contribution is 6.33. The van der Waals surface area contributed by atoms with E-state index in [0.29, 0.717) is 19.3 Å². The molecule has 160 valence electrons. The van der Waals surface area contributed by atoms with E-state index in [4.69, 9.17) is 9.47 Å². The summed E-state index contributed by atoms with van der Waals surface area (Å²) in [4.78, 5) is 35.3. The third-order valence-electron chi connectivity index (χ3n) is 4.34. The molecule has 0 aromatic heterocycles. The van der Waals surface area contributed by atoms with Crippen molar-refractivity contribution in [3.8, 4) is 11.1 Å². The Morgan fingerprint density at radius 3 is 2.07 bits per heavy atom. The maximum Gasteiger partial charge on any atom is 0.374 e. The molecule has 0 fully saturated rings. The number of hydrogen-bond donors (Lipinski definition) is 0. The second kappa shape index (κ2) is 11.3. The molecule has 0 saturated heterocycles. The van der Waals surface area contributed by atoms with Crippen molar-refractivity contribution < 1.29 is 23.9 Å². The van der Waals surface area contributed by atoms with Gasteiger partial charge in [0.25, 0.3) is 0 Å². The highest BCUT2D eigenvalue weighted by Gasteiger charge is 2.17. The zero-order valence-electron chi connectivity index (χ0n) is 18.0. The van der Waals surface area contributed by atoms with Crippen LogP contribution in [0.3, 0.4) is 0 Å². The normalized spacial score (nSPS) is 11.0. The summed E-state index contributed by atoms with van der Waals surface area (Å²) in [6, 6.07) is 18.3. The number of esters is 2. The zero-order valence-corrected chi connectivity index (χ0v) is 18.0. The molecule has 0 saturated carbocycles. The maximum absolute atomic E-state index is 11.9. The van der Waals surface area contributed by atoms with E-state index in [-0.39, 0.29) is 25.4 Å². The van der Waals surface area contributed by atoms with Gasteiger partial charge < -0.3 is 9.47 Å². The number of carbonyl (C=O) groups excluding carboxylic acids is 3. The SMILES string of the molecule is CC(C)(C)OC(=O)CCCOC(=O)C(=O)CCCc1ccc(-c2ccccc2)cc1. The molecular weight excluding hydrogens is 380 g/mol. The van der Waals surface area contributed by atoms with Crippen LogP contribution in [-0.4, -0.2) is 29.9 Å². The number of ether oxygens (including phenoxy) is 2. The van der Waals surface area contributed by atoms with Gasteiger partial charge in [0.1, 0.15) is 5.60 Å². The molecule has 0 aliphatic rings. The Labute approximate surface area is 178 Å². The van der Waals surface area contributed by atoms with E-state index >= 15 is 0 Å². The lowest BCUT2D eigenvalue weighted by molar-refractivity contribution is -0.157. The Morgan fingerprint density at radius 1 is 0.800 bits per heavy atom. The minimum Gasteiger partial charge on any atom is -0.460 e. The van der Waals surface area contributed by atoms with E-state index < -0.39 is 17.4 Å². The van der Waals surface area contributed by atoms with Crippen LogP contribution in [0.4, 0.5) is 0 Å². The van der Waals surface area contributed by atoms with Crippen molar-refractivity contribution in [3.63, 3.8) is 0 Å². The first-order valence-corrected chi connectivity index (χ1v) is 10.3. The van der Waals surface area contributed by atoms with Crippen molar-refractivity contribution in [1.82, 2.24) is 0 Å². The molecule has 0 heterocycles. The van der Waals surface area contributed by atoms with Gasteiger partial charge in [-0.15, -0.1) is 0 Å². The van der Waals surface area contributed by atoms with Gasteiger partial charge in [0, 0.05) is 12.8 Å². The molecule has 0 bridgehead atoms. The molecule has 0 unspecified atom stereocenters. The molecule has 2 rings (SSSR count). The third-order valence-corrected chi connectivity index (χ3v) is 4.34. The summed E-state index contributed by atoms with van der Waals surface area (Å²) in [5.74, 6) is -1.71. The van der Waals surface area contributed by atoms with Gasteiger partial charge in [-0.25, -0.2) is 4.79 Å². The van der Waals surface area contributed by atoms with Crippen LogP contribution >= 0.6 is 0 Å². The van der Waals surface area contributed by atoms with Gasteiger partial charge in [-0.1, -0.05) is 54.6 Å². The first-order chi connectivity index (χ1) is 14.2. The summed E-state index contributed by atoms with van der Waals surface area (Å²) in [6.07, 6.45) is 1.92. The fourth-order valence-corrected chi connectivity index (χ4v) is 2.90. The van der Waals surface area contributed by atoms with Gasteiger partial charge in [-0.05, 0) is 56.7 Å². The fourth-order valence-electron chi connectivity index (χ4n) is 2.90. The van der Waals surface area contributed by atoms with E-state index in [9.17, 15) is 14.4 Å². The predicted octanol–water partition coefficient (Wildman–Crippen LogP) is 4.91. The van der Waals surface area contributed by atoms with Gasteiger partial charge in [-0.3, -0.25) is 9.59 Å². The first-order valence-electron chi connectivity index (χ1n) is 10.3. The van der Waals surface area contributed by atoms with Gasteiger partial charge in [0.05, 0.1) is 6.61 Å².